The second-order valence-electron chi connectivity index (χ2n) is 8.39. The van der Waals surface area contributed by atoms with Crippen LogP contribution in [0.15, 0.2) is 94.5 Å². The molecule has 178 valence electrons. The molecular formula is C28H21ClN4O2S. The summed E-state index contributed by atoms with van der Waals surface area (Å²) in [5.74, 6) is 2.39. The highest BCUT2D eigenvalue weighted by atomic mass is 35.5. The number of nitrogens with one attached hydrogen (secondary N) is 1. The zero-order chi connectivity index (χ0) is 24.5. The minimum atomic E-state index is -0.615. The maximum atomic E-state index is 6.38. The van der Waals surface area contributed by atoms with Crippen molar-refractivity contribution < 1.29 is 9.15 Å². The summed E-state index contributed by atoms with van der Waals surface area (Å²) in [6.07, 6.45) is -0.615. The highest BCUT2D eigenvalue weighted by Gasteiger charge is 2.28. The number of aryl methyl sites for hydroxylation is 1. The number of thioether (sulfide) groups is 1. The fourth-order valence-corrected chi connectivity index (χ4v) is 4.93. The molecule has 0 amide bonds. The van der Waals surface area contributed by atoms with Gasteiger partial charge in [0.25, 0.3) is 0 Å². The van der Waals surface area contributed by atoms with Gasteiger partial charge in [-0.15, -0.1) is 10.2 Å². The average Bonchev–Trinajstić information content (AvgIpc) is 3.32. The number of ether oxygens (including phenoxy) is 1. The first-order chi connectivity index (χ1) is 17.6. The van der Waals surface area contributed by atoms with Crippen LogP contribution in [-0.4, -0.2) is 15.2 Å². The summed E-state index contributed by atoms with van der Waals surface area (Å²) in [6, 6.07) is 27.6. The van der Waals surface area contributed by atoms with E-state index in [1.807, 2.05) is 60.7 Å². The maximum Gasteiger partial charge on any atom is 0.247 e. The van der Waals surface area contributed by atoms with Crippen molar-refractivity contribution in [1.29, 1.82) is 0 Å². The van der Waals surface area contributed by atoms with E-state index in [-0.39, 0.29) is 0 Å². The topological polar surface area (TPSA) is 73.1 Å². The van der Waals surface area contributed by atoms with Crippen LogP contribution in [0.4, 0.5) is 5.69 Å². The van der Waals surface area contributed by atoms with Crippen molar-refractivity contribution in [2.75, 3.05) is 5.32 Å². The molecule has 1 unspecified atom stereocenters. The molecule has 2 aromatic heterocycles. The molecule has 1 aliphatic rings. The Kier molecular flexibility index (Phi) is 6.09. The molecule has 0 saturated carbocycles. The van der Waals surface area contributed by atoms with Gasteiger partial charge in [0.2, 0.25) is 17.3 Å². The van der Waals surface area contributed by atoms with E-state index in [9.17, 15) is 0 Å². The first-order valence-electron chi connectivity index (χ1n) is 11.4. The number of halogens is 1. The summed E-state index contributed by atoms with van der Waals surface area (Å²) >= 11 is 7.90. The van der Waals surface area contributed by atoms with Crippen molar-refractivity contribution in [3.8, 4) is 28.5 Å². The zero-order valence-electron chi connectivity index (χ0n) is 19.3. The summed E-state index contributed by atoms with van der Waals surface area (Å²) < 4.78 is 12.5. The van der Waals surface area contributed by atoms with E-state index in [4.69, 9.17) is 25.7 Å². The number of fused-ring (bicyclic) bond motifs is 3. The Morgan fingerprint density at radius 1 is 0.889 bits per heavy atom. The fourth-order valence-electron chi connectivity index (χ4n) is 3.97. The molecule has 6 rings (SSSR count). The SMILES string of the molecule is Cc1ccc(CSc2nnc3c(n2)OC(c2ccc(-c4ccccc4Cl)o2)Nc2ccccc2-3)cc1. The Balaban J connectivity index is 1.32. The predicted octanol–water partition coefficient (Wildman–Crippen LogP) is 7.56. The third-order valence-corrected chi connectivity index (χ3v) is 7.09. The zero-order valence-corrected chi connectivity index (χ0v) is 20.9. The molecule has 5 aromatic rings. The van der Waals surface area contributed by atoms with E-state index in [0.717, 1.165) is 22.6 Å². The molecule has 1 aliphatic heterocycles. The lowest BCUT2D eigenvalue weighted by molar-refractivity contribution is 0.196. The van der Waals surface area contributed by atoms with Crippen LogP contribution in [-0.2, 0) is 5.75 Å². The standard InChI is InChI=1S/C28H21ClN4O2S/c1-17-10-12-18(13-11-17)16-36-28-31-27-25(32-33-28)20-7-3-5-9-22(20)30-26(35-27)24-15-14-23(34-24)19-6-2-4-8-21(19)29/h2-15,26,30H,16H2,1H3. The normalized spacial score (nSPS) is 14.2. The van der Waals surface area contributed by atoms with Crippen LogP contribution in [0.1, 0.15) is 23.1 Å². The second-order valence-corrected chi connectivity index (χ2v) is 9.74. The van der Waals surface area contributed by atoms with Crippen molar-refractivity contribution >= 4 is 29.1 Å². The van der Waals surface area contributed by atoms with Gasteiger partial charge in [-0.05, 0) is 42.8 Å². The molecule has 3 heterocycles. The smallest absolute Gasteiger partial charge is 0.247 e. The van der Waals surface area contributed by atoms with Gasteiger partial charge in [0.15, 0.2) is 11.5 Å². The largest absolute Gasteiger partial charge is 0.455 e. The molecular weight excluding hydrogens is 492 g/mol. The highest BCUT2D eigenvalue weighted by molar-refractivity contribution is 7.98. The molecule has 3 aromatic carbocycles. The maximum absolute atomic E-state index is 6.38. The quantitative estimate of drug-likeness (QED) is 0.243. The van der Waals surface area contributed by atoms with Crippen molar-refractivity contribution in [3.63, 3.8) is 0 Å². The minimum absolute atomic E-state index is 0.398. The number of nitrogens with zero attached hydrogens (tertiary/aromatic N) is 3. The first-order valence-corrected chi connectivity index (χ1v) is 12.8. The Morgan fingerprint density at radius 2 is 1.67 bits per heavy atom. The van der Waals surface area contributed by atoms with Gasteiger partial charge in [0, 0.05) is 22.6 Å². The van der Waals surface area contributed by atoms with Gasteiger partial charge >= 0.3 is 0 Å². The van der Waals surface area contributed by atoms with E-state index in [2.05, 4.69) is 46.7 Å². The molecule has 1 N–H and O–H groups in total. The molecule has 0 saturated heterocycles. The van der Waals surface area contributed by atoms with Gasteiger partial charge in [-0.25, -0.2) is 0 Å². The molecule has 36 heavy (non-hydrogen) atoms. The lowest BCUT2D eigenvalue weighted by Gasteiger charge is -2.16. The number of benzene rings is 3. The van der Waals surface area contributed by atoms with E-state index in [1.165, 1.54) is 22.9 Å². The Hall–Kier alpha value is -3.81. The number of rotatable bonds is 5. The number of para-hydroxylation sites is 1. The van der Waals surface area contributed by atoms with Crippen molar-refractivity contribution in [1.82, 2.24) is 15.2 Å². The van der Waals surface area contributed by atoms with E-state index in [1.54, 1.807) is 0 Å². The van der Waals surface area contributed by atoms with Gasteiger partial charge in [0.05, 0.1) is 5.02 Å². The van der Waals surface area contributed by atoms with Gasteiger partial charge in [-0.2, -0.15) is 4.98 Å². The van der Waals surface area contributed by atoms with E-state index in [0.29, 0.717) is 33.3 Å². The summed E-state index contributed by atoms with van der Waals surface area (Å²) in [5.41, 5.74) is 5.54. The van der Waals surface area contributed by atoms with Gasteiger partial charge < -0.3 is 14.5 Å². The molecule has 6 nitrogen and oxygen atoms in total. The molecule has 0 spiro atoms. The average molecular weight is 513 g/mol. The number of aromatic nitrogens is 3. The summed E-state index contributed by atoms with van der Waals surface area (Å²) in [7, 11) is 0. The minimum Gasteiger partial charge on any atom is -0.455 e. The van der Waals surface area contributed by atoms with Crippen LogP contribution in [0.25, 0.3) is 22.6 Å². The Bertz CT molecular complexity index is 1540. The number of hydrogen-bond donors (Lipinski definition) is 1. The van der Waals surface area contributed by atoms with E-state index >= 15 is 0 Å². The molecule has 0 bridgehead atoms. The summed E-state index contributed by atoms with van der Waals surface area (Å²) in [5, 5.41) is 13.5. The van der Waals surface area contributed by atoms with Crippen molar-refractivity contribution in [2.45, 2.75) is 24.1 Å². The molecule has 0 fully saturated rings. The van der Waals surface area contributed by atoms with Crippen LogP contribution in [0.3, 0.4) is 0 Å². The highest BCUT2D eigenvalue weighted by Crippen LogP contribution is 2.40. The lowest BCUT2D eigenvalue weighted by Crippen LogP contribution is -2.16. The Labute approximate surface area is 217 Å². The third kappa shape index (κ3) is 4.55. The third-order valence-electron chi connectivity index (χ3n) is 5.85. The lowest BCUT2D eigenvalue weighted by atomic mass is 10.1. The number of anilines is 1. The van der Waals surface area contributed by atoms with Gasteiger partial charge in [-0.1, -0.05) is 83.5 Å². The number of furan rings is 1. The van der Waals surface area contributed by atoms with Gasteiger partial charge in [-0.3, -0.25) is 0 Å². The molecule has 0 aliphatic carbocycles. The summed E-state index contributed by atoms with van der Waals surface area (Å²) in [6.45, 7) is 2.08. The second kappa shape index (κ2) is 9.68. The van der Waals surface area contributed by atoms with Crippen LogP contribution in [0.5, 0.6) is 5.88 Å². The monoisotopic (exact) mass is 512 g/mol. The first kappa shape index (κ1) is 22.6. The molecule has 0 radical (unpaired) electrons. The van der Waals surface area contributed by atoms with Gasteiger partial charge in [0.1, 0.15) is 5.76 Å². The summed E-state index contributed by atoms with van der Waals surface area (Å²) in [4.78, 5) is 4.72. The van der Waals surface area contributed by atoms with Crippen molar-refractivity contribution in [3.05, 3.63) is 107 Å². The van der Waals surface area contributed by atoms with Crippen LogP contribution in [0.2, 0.25) is 5.02 Å². The number of hydrogen-bond acceptors (Lipinski definition) is 7. The van der Waals surface area contributed by atoms with E-state index < -0.39 is 6.23 Å². The van der Waals surface area contributed by atoms with Crippen LogP contribution in [0, 0.1) is 6.92 Å². The Morgan fingerprint density at radius 3 is 2.50 bits per heavy atom. The molecule has 8 heteroatoms. The fraction of sp³-hybridized carbons (Fsp3) is 0.107. The molecule has 1 atom stereocenters. The van der Waals surface area contributed by atoms with Crippen molar-refractivity contribution in [2.24, 2.45) is 0 Å². The van der Waals surface area contributed by atoms with Crippen LogP contribution >= 0.6 is 23.4 Å². The predicted molar refractivity (Wildman–Crippen MR) is 142 cm³/mol. The van der Waals surface area contributed by atoms with Crippen LogP contribution < -0.4 is 10.1 Å².